The van der Waals surface area contributed by atoms with Gasteiger partial charge in [0.1, 0.15) is 12.0 Å². The number of benzene rings is 2. The average Bonchev–Trinajstić information content (AvgIpc) is 3.16. The molecule has 3 rings (SSSR count). The predicted molar refractivity (Wildman–Crippen MR) is 110 cm³/mol. The van der Waals surface area contributed by atoms with Gasteiger partial charge in [0.2, 0.25) is 11.8 Å². The predicted octanol–water partition coefficient (Wildman–Crippen LogP) is 4.60. The number of aryl methyl sites for hydroxylation is 2. The van der Waals surface area contributed by atoms with E-state index in [9.17, 15) is 4.79 Å². The van der Waals surface area contributed by atoms with E-state index in [1.165, 1.54) is 5.56 Å². The lowest BCUT2D eigenvalue weighted by atomic mass is 10.1. The number of hydrogen-bond donors (Lipinski definition) is 1. The molecule has 0 radical (unpaired) electrons. The normalized spacial score (nSPS) is 10.7. The smallest absolute Gasteiger partial charge is 0.226 e. The minimum atomic E-state index is -0.00538. The summed E-state index contributed by atoms with van der Waals surface area (Å²) >= 11 is 6.11. The third-order valence-corrected chi connectivity index (χ3v) is 4.71. The Balaban J connectivity index is 1.43. The summed E-state index contributed by atoms with van der Waals surface area (Å²) in [5, 5.41) is 3.47. The van der Waals surface area contributed by atoms with Crippen molar-refractivity contribution < 1.29 is 13.9 Å². The first-order valence-electron chi connectivity index (χ1n) is 9.15. The number of oxazole rings is 1. The zero-order chi connectivity index (χ0) is 19.9. The van der Waals surface area contributed by atoms with Crippen molar-refractivity contribution in [2.24, 2.45) is 0 Å². The maximum atomic E-state index is 12.1. The van der Waals surface area contributed by atoms with Crippen LogP contribution < -0.4 is 10.1 Å². The van der Waals surface area contributed by atoms with Crippen LogP contribution in [0.15, 0.2) is 53.1 Å². The highest BCUT2D eigenvalue weighted by Crippen LogP contribution is 2.25. The van der Waals surface area contributed by atoms with Gasteiger partial charge in [-0.25, -0.2) is 4.98 Å². The number of ether oxygens (including phenoxy) is 1. The van der Waals surface area contributed by atoms with Gasteiger partial charge in [0.15, 0.2) is 0 Å². The quantitative estimate of drug-likeness (QED) is 0.602. The molecule has 5 nitrogen and oxygen atoms in total. The number of nitrogens with zero attached hydrogens (tertiary/aromatic N) is 1. The van der Waals surface area contributed by atoms with Crippen LogP contribution in [0.25, 0.3) is 11.5 Å². The van der Waals surface area contributed by atoms with E-state index in [0.29, 0.717) is 42.5 Å². The number of methoxy groups -OCH3 is 1. The van der Waals surface area contributed by atoms with Crippen molar-refractivity contribution in [1.82, 2.24) is 10.3 Å². The minimum absolute atomic E-state index is 0.00538. The lowest BCUT2D eigenvalue weighted by Crippen LogP contribution is -2.25. The van der Waals surface area contributed by atoms with Crippen LogP contribution in [0.1, 0.15) is 23.2 Å². The Morgan fingerprint density at radius 2 is 1.96 bits per heavy atom. The van der Waals surface area contributed by atoms with E-state index in [1.807, 2.05) is 49.4 Å². The Labute approximate surface area is 169 Å². The SMILES string of the molecule is COc1ccc(CCC(=O)NCCc2coc(-c3ccc(C)cc3)n2)cc1Cl. The Bertz CT molecular complexity index is 935. The van der Waals surface area contributed by atoms with Crippen LogP contribution in [0, 0.1) is 6.92 Å². The summed E-state index contributed by atoms with van der Waals surface area (Å²) in [6.45, 7) is 2.55. The van der Waals surface area contributed by atoms with Gasteiger partial charge in [-0.2, -0.15) is 0 Å². The van der Waals surface area contributed by atoms with E-state index in [1.54, 1.807) is 13.4 Å². The molecule has 0 fully saturated rings. The molecule has 0 saturated heterocycles. The monoisotopic (exact) mass is 398 g/mol. The Kier molecular flexibility index (Phi) is 6.71. The molecule has 0 aliphatic rings. The standard InChI is InChI=1S/C22H23ClN2O3/c1-15-3-7-17(8-4-15)22-25-18(14-28-22)11-12-24-21(26)10-6-16-5-9-20(27-2)19(23)13-16/h3-5,7-9,13-14H,6,10-12H2,1-2H3,(H,24,26). The van der Waals surface area contributed by atoms with Crippen LogP contribution >= 0.6 is 11.6 Å². The van der Waals surface area contributed by atoms with Crippen molar-refractivity contribution in [3.8, 4) is 17.2 Å². The molecule has 3 aromatic rings. The summed E-state index contributed by atoms with van der Waals surface area (Å²) in [5.74, 6) is 1.22. The molecule has 1 amide bonds. The highest BCUT2D eigenvalue weighted by molar-refractivity contribution is 6.32. The van der Waals surface area contributed by atoms with Crippen molar-refractivity contribution in [2.45, 2.75) is 26.2 Å². The second kappa shape index (κ2) is 9.42. The van der Waals surface area contributed by atoms with Gasteiger partial charge < -0.3 is 14.5 Å². The van der Waals surface area contributed by atoms with Crippen molar-refractivity contribution in [2.75, 3.05) is 13.7 Å². The number of hydrogen-bond acceptors (Lipinski definition) is 4. The van der Waals surface area contributed by atoms with Crippen molar-refractivity contribution >= 4 is 17.5 Å². The van der Waals surface area contributed by atoms with E-state index in [4.69, 9.17) is 20.8 Å². The first-order valence-corrected chi connectivity index (χ1v) is 9.53. The molecule has 0 bridgehead atoms. The Morgan fingerprint density at radius 3 is 2.68 bits per heavy atom. The van der Waals surface area contributed by atoms with Crippen LogP contribution in [0.5, 0.6) is 5.75 Å². The molecule has 28 heavy (non-hydrogen) atoms. The van der Waals surface area contributed by atoms with E-state index in [2.05, 4.69) is 10.3 Å². The van der Waals surface area contributed by atoms with Gasteiger partial charge in [-0.3, -0.25) is 4.79 Å². The van der Waals surface area contributed by atoms with Crippen LogP contribution in [0.3, 0.4) is 0 Å². The summed E-state index contributed by atoms with van der Waals surface area (Å²) in [7, 11) is 1.58. The van der Waals surface area contributed by atoms with Gasteiger partial charge in [0.25, 0.3) is 0 Å². The third-order valence-electron chi connectivity index (χ3n) is 4.41. The molecule has 0 saturated carbocycles. The summed E-state index contributed by atoms with van der Waals surface area (Å²) in [4.78, 5) is 16.5. The fourth-order valence-electron chi connectivity index (χ4n) is 2.79. The zero-order valence-corrected chi connectivity index (χ0v) is 16.8. The van der Waals surface area contributed by atoms with Gasteiger partial charge in [0.05, 0.1) is 17.8 Å². The number of carbonyl (C=O) groups is 1. The fourth-order valence-corrected chi connectivity index (χ4v) is 3.07. The molecular formula is C22H23ClN2O3. The molecule has 0 atom stereocenters. The van der Waals surface area contributed by atoms with Crippen LogP contribution in [0.4, 0.5) is 0 Å². The highest BCUT2D eigenvalue weighted by Gasteiger charge is 2.08. The van der Waals surface area contributed by atoms with Crippen LogP contribution in [-0.2, 0) is 17.6 Å². The molecule has 146 valence electrons. The number of nitrogens with one attached hydrogen (secondary N) is 1. The van der Waals surface area contributed by atoms with Crippen molar-refractivity contribution in [1.29, 1.82) is 0 Å². The van der Waals surface area contributed by atoms with E-state index in [-0.39, 0.29) is 5.91 Å². The van der Waals surface area contributed by atoms with Crippen molar-refractivity contribution in [3.63, 3.8) is 0 Å². The minimum Gasteiger partial charge on any atom is -0.495 e. The lowest BCUT2D eigenvalue weighted by Gasteiger charge is -2.07. The summed E-state index contributed by atoms with van der Waals surface area (Å²) in [6, 6.07) is 13.6. The molecule has 2 aromatic carbocycles. The summed E-state index contributed by atoms with van der Waals surface area (Å²) in [6.07, 6.45) is 3.28. The molecule has 1 heterocycles. The van der Waals surface area contributed by atoms with E-state index >= 15 is 0 Å². The second-order valence-corrected chi connectivity index (χ2v) is 6.99. The van der Waals surface area contributed by atoms with Crippen LogP contribution in [0.2, 0.25) is 5.02 Å². The van der Waals surface area contributed by atoms with Gasteiger partial charge in [-0.15, -0.1) is 0 Å². The van der Waals surface area contributed by atoms with E-state index in [0.717, 1.165) is 16.8 Å². The van der Waals surface area contributed by atoms with Gasteiger partial charge in [-0.1, -0.05) is 35.4 Å². The molecule has 0 unspecified atom stereocenters. The highest BCUT2D eigenvalue weighted by atomic mass is 35.5. The van der Waals surface area contributed by atoms with E-state index < -0.39 is 0 Å². The number of amides is 1. The Hall–Kier alpha value is -2.79. The maximum Gasteiger partial charge on any atom is 0.226 e. The average molecular weight is 399 g/mol. The fraction of sp³-hybridized carbons (Fsp3) is 0.273. The topological polar surface area (TPSA) is 64.4 Å². The number of carbonyl (C=O) groups excluding carboxylic acids is 1. The summed E-state index contributed by atoms with van der Waals surface area (Å²) in [5.41, 5.74) is 3.95. The number of aromatic nitrogens is 1. The third kappa shape index (κ3) is 5.36. The first-order chi connectivity index (χ1) is 13.5. The molecular weight excluding hydrogens is 376 g/mol. The summed E-state index contributed by atoms with van der Waals surface area (Å²) < 4.78 is 10.7. The zero-order valence-electron chi connectivity index (χ0n) is 16.0. The molecule has 6 heteroatoms. The largest absolute Gasteiger partial charge is 0.495 e. The van der Waals surface area contributed by atoms with Crippen molar-refractivity contribution in [3.05, 3.63) is 70.6 Å². The Morgan fingerprint density at radius 1 is 1.18 bits per heavy atom. The lowest BCUT2D eigenvalue weighted by molar-refractivity contribution is -0.121. The second-order valence-electron chi connectivity index (χ2n) is 6.58. The number of halogens is 1. The first kappa shape index (κ1) is 20.0. The molecule has 1 aromatic heterocycles. The molecule has 0 aliphatic heterocycles. The van der Waals surface area contributed by atoms with Gasteiger partial charge in [-0.05, 0) is 43.2 Å². The molecule has 0 aliphatic carbocycles. The molecule has 0 spiro atoms. The maximum absolute atomic E-state index is 12.1. The van der Waals surface area contributed by atoms with Gasteiger partial charge >= 0.3 is 0 Å². The molecule has 1 N–H and O–H groups in total. The van der Waals surface area contributed by atoms with Gasteiger partial charge in [0, 0.05) is 24.9 Å². The van der Waals surface area contributed by atoms with Crippen LogP contribution in [-0.4, -0.2) is 24.5 Å². The number of rotatable bonds is 8.